The second-order valence-corrected chi connectivity index (χ2v) is 10.0. The highest BCUT2D eigenvalue weighted by molar-refractivity contribution is 5.84. The lowest BCUT2D eigenvalue weighted by Crippen LogP contribution is -2.52. The maximum atomic E-state index is 14.4. The number of carbonyl (C=O) groups is 3. The van der Waals surface area contributed by atoms with Gasteiger partial charge in [0, 0.05) is 31.8 Å². The molecule has 2 rings (SSSR count). The summed E-state index contributed by atoms with van der Waals surface area (Å²) in [6, 6.07) is 11.9. The second-order valence-electron chi connectivity index (χ2n) is 10.0. The Hall–Kier alpha value is -4.09. The molecule has 0 heterocycles. The lowest BCUT2D eigenvalue weighted by atomic mass is 9.92. The number of hydrogen-bond donors (Lipinski definition) is 1. The van der Waals surface area contributed by atoms with Gasteiger partial charge in [0.1, 0.15) is 0 Å². The number of halogens is 6. The number of methoxy groups -OCH3 is 2. The average Bonchev–Trinajstić information content (AvgIpc) is 2.99. The van der Waals surface area contributed by atoms with Crippen LogP contribution in [0.3, 0.4) is 0 Å². The van der Waals surface area contributed by atoms with Crippen molar-refractivity contribution >= 4 is 17.9 Å². The van der Waals surface area contributed by atoms with E-state index in [1.807, 2.05) is 0 Å². The lowest BCUT2D eigenvalue weighted by molar-refractivity contribution is -0.278. The van der Waals surface area contributed by atoms with Crippen LogP contribution >= 0.6 is 0 Å². The van der Waals surface area contributed by atoms with Crippen LogP contribution in [0.2, 0.25) is 0 Å². The third kappa shape index (κ3) is 8.79. The number of unbranched alkanes of at least 4 members (excludes halogenated alkanes) is 1. The Morgan fingerprint density at radius 2 is 1.07 bits per heavy atom. The van der Waals surface area contributed by atoms with Crippen LogP contribution in [-0.2, 0) is 44.5 Å². The van der Waals surface area contributed by atoms with Gasteiger partial charge in [0.15, 0.2) is 12.2 Å². The molecular formula is C32H34F6O8. The van der Waals surface area contributed by atoms with E-state index in [4.69, 9.17) is 24.1 Å². The standard InChI is InChI=1S/C32H34F6O8/c1-4-5-17-24(45-27(41)29(43-2,31(33,34)35)22-13-8-6-9-14-22)20-21-25(18-12-19-26(39)40)46-28(42)30(44-3,32(36,37)38)23-15-10-7-11-16-23/h6-11,13-16,24-25H,4-5,12,17-19H2,1-3H3,(H,39,40)/t24-,25+,29+,30+/m1/s1. The molecule has 0 aromatic heterocycles. The van der Waals surface area contributed by atoms with Gasteiger partial charge in [-0.1, -0.05) is 85.8 Å². The molecule has 0 aliphatic heterocycles. The molecule has 2 aromatic carbocycles. The molecule has 8 nitrogen and oxygen atoms in total. The number of ether oxygens (including phenoxy) is 4. The normalized spacial score (nSPS) is 15.7. The Kier molecular flexibility index (Phi) is 13.6. The number of rotatable bonds is 15. The summed E-state index contributed by atoms with van der Waals surface area (Å²) in [5.74, 6) is -0.213. The quantitative estimate of drug-likeness (QED) is 0.132. The highest BCUT2D eigenvalue weighted by Crippen LogP contribution is 2.44. The van der Waals surface area contributed by atoms with Crippen molar-refractivity contribution in [1.82, 2.24) is 0 Å². The minimum absolute atomic E-state index is 0.0912. The van der Waals surface area contributed by atoms with Crippen LogP contribution in [0.15, 0.2) is 60.7 Å². The molecule has 4 atom stereocenters. The predicted molar refractivity (Wildman–Crippen MR) is 151 cm³/mol. The van der Waals surface area contributed by atoms with Crippen LogP contribution in [0.25, 0.3) is 0 Å². The maximum absolute atomic E-state index is 14.4. The van der Waals surface area contributed by atoms with E-state index in [0.29, 0.717) is 27.1 Å². The Morgan fingerprint density at radius 1 is 0.696 bits per heavy atom. The van der Waals surface area contributed by atoms with E-state index >= 15 is 0 Å². The van der Waals surface area contributed by atoms with E-state index in [9.17, 15) is 40.7 Å². The van der Waals surface area contributed by atoms with Gasteiger partial charge in [0.05, 0.1) is 0 Å². The van der Waals surface area contributed by atoms with Crippen molar-refractivity contribution in [2.45, 2.75) is 81.2 Å². The van der Waals surface area contributed by atoms with E-state index in [1.165, 1.54) is 36.4 Å². The van der Waals surface area contributed by atoms with Gasteiger partial charge in [0.25, 0.3) is 11.2 Å². The van der Waals surface area contributed by atoms with Crippen LogP contribution < -0.4 is 0 Å². The first-order valence-corrected chi connectivity index (χ1v) is 14.1. The fraction of sp³-hybridized carbons (Fsp3) is 0.469. The van der Waals surface area contributed by atoms with Crippen LogP contribution in [0.4, 0.5) is 26.3 Å². The summed E-state index contributed by atoms with van der Waals surface area (Å²) in [7, 11) is 1.34. The van der Waals surface area contributed by atoms with Gasteiger partial charge in [-0.05, 0) is 25.7 Å². The van der Waals surface area contributed by atoms with Crippen molar-refractivity contribution in [3.8, 4) is 11.8 Å². The molecule has 0 amide bonds. The highest BCUT2D eigenvalue weighted by Gasteiger charge is 2.65. The third-order valence-corrected chi connectivity index (χ3v) is 6.93. The predicted octanol–water partition coefficient (Wildman–Crippen LogP) is 6.47. The molecule has 252 valence electrons. The zero-order valence-electron chi connectivity index (χ0n) is 25.2. The molecule has 1 N–H and O–H groups in total. The fourth-order valence-electron chi connectivity index (χ4n) is 4.53. The number of carboxylic acid groups (broad SMARTS) is 1. The Morgan fingerprint density at radius 3 is 1.37 bits per heavy atom. The smallest absolute Gasteiger partial charge is 0.432 e. The molecule has 0 saturated carbocycles. The van der Waals surface area contributed by atoms with Crippen molar-refractivity contribution in [2.24, 2.45) is 0 Å². The van der Waals surface area contributed by atoms with Gasteiger partial charge in [-0.2, -0.15) is 26.3 Å². The molecule has 2 aromatic rings. The number of carboxylic acids is 1. The molecule has 0 spiro atoms. The molecule has 0 aliphatic rings. The summed E-state index contributed by atoms with van der Waals surface area (Å²) < 4.78 is 106. The van der Waals surface area contributed by atoms with Crippen molar-refractivity contribution in [3.05, 3.63) is 71.8 Å². The summed E-state index contributed by atoms with van der Waals surface area (Å²) in [6.07, 6.45) is -14.2. The molecule has 0 unspecified atom stereocenters. The zero-order chi connectivity index (χ0) is 34.6. The number of carbonyl (C=O) groups excluding carboxylic acids is 2. The molecule has 0 bridgehead atoms. The van der Waals surface area contributed by atoms with Crippen LogP contribution in [0.1, 0.15) is 56.6 Å². The van der Waals surface area contributed by atoms with Crippen LogP contribution in [0, 0.1) is 11.8 Å². The first-order valence-electron chi connectivity index (χ1n) is 14.1. The first-order chi connectivity index (χ1) is 21.6. The molecule has 0 fully saturated rings. The van der Waals surface area contributed by atoms with Crippen LogP contribution in [-0.4, -0.2) is 61.8 Å². The molecular weight excluding hydrogens is 626 g/mol. The minimum atomic E-state index is -5.32. The fourth-order valence-corrected chi connectivity index (χ4v) is 4.53. The number of hydrogen-bond acceptors (Lipinski definition) is 7. The minimum Gasteiger partial charge on any atom is -0.481 e. The zero-order valence-corrected chi connectivity index (χ0v) is 25.2. The first kappa shape index (κ1) is 38.1. The van der Waals surface area contributed by atoms with Crippen molar-refractivity contribution in [2.75, 3.05) is 14.2 Å². The van der Waals surface area contributed by atoms with Crippen molar-refractivity contribution in [1.29, 1.82) is 0 Å². The summed E-state index contributed by atoms with van der Waals surface area (Å²) in [6.45, 7) is 1.74. The maximum Gasteiger partial charge on any atom is 0.432 e. The van der Waals surface area contributed by atoms with Gasteiger partial charge in [0.2, 0.25) is 0 Å². The van der Waals surface area contributed by atoms with Gasteiger partial charge < -0.3 is 24.1 Å². The molecule has 14 heteroatoms. The summed E-state index contributed by atoms with van der Waals surface area (Å²) in [5.41, 5.74) is -8.29. The van der Waals surface area contributed by atoms with Gasteiger partial charge in [-0.25, -0.2) is 9.59 Å². The van der Waals surface area contributed by atoms with E-state index < -0.39 is 71.2 Å². The van der Waals surface area contributed by atoms with E-state index in [1.54, 1.807) is 6.92 Å². The Labute approximate surface area is 262 Å². The largest absolute Gasteiger partial charge is 0.481 e. The molecule has 46 heavy (non-hydrogen) atoms. The van der Waals surface area contributed by atoms with Crippen LogP contribution in [0.5, 0.6) is 0 Å². The third-order valence-electron chi connectivity index (χ3n) is 6.93. The topological polar surface area (TPSA) is 108 Å². The highest BCUT2D eigenvalue weighted by atomic mass is 19.4. The van der Waals surface area contributed by atoms with Gasteiger partial charge >= 0.3 is 30.3 Å². The molecule has 0 radical (unpaired) electrons. The Balaban J connectivity index is 2.53. The SMILES string of the molecule is CCCC[C@H](C#C[C@H](CCCC(=O)O)OC(=O)[C@@](OC)(c1ccccc1)C(F)(F)F)OC(=O)[C@@](OC)(c1ccccc1)C(F)(F)F. The van der Waals surface area contributed by atoms with Crippen molar-refractivity contribution < 1.29 is 64.8 Å². The number of alkyl halides is 6. The summed E-state index contributed by atoms with van der Waals surface area (Å²) in [4.78, 5) is 37.5. The van der Waals surface area contributed by atoms with Gasteiger partial charge in [-0.15, -0.1) is 0 Å². The average molecular weight is 661 g/mol. The van der Waals surface area contributed by atoms with E-state index in [0.717, 1.165) is 24.3 Å². The monoisotopic (exact) mass is 660 g/mol. The molecule has 0 saturated heterocycles. The number of benzene rings is 2. The van der Waals surface area contributed by atoms with Gasteiger partial charge in [-0.3, -0.25) is 4.79 Å². The summed E-state index contributed by atoms with van der Waals surface area (Å²) >= 11 is 0. The molecule has 0 aliphatic carbocycles. The number of aliphatic carboxylic acids is 1. The summed E-state index contributed by atoms with van der Waals surface area (Å²) in [5, 5.41) is 9.03. The number of esters is 2. The Bertz CT molecular complexity index is 1350. The second kappa shape index (κ2) is 16.5. The lowest BCUT2D eigenvalue weighted by Gasteiger charge is -2.33. The van der Waals surface area contributed by atoms with Crippen molar-refractivity contribution in [3.63, 3.8) is 0 Å². The van der Waals surface area contributed by atoms with E-state index in [2.05, 4.69) is 11.8 Å². The van der Waals surface area contributed by atoms with E-state index in [-0.39, 0.29) is 19.3 Å².